The van der Waals surface area contributed by atoms with E-state index in [4.69, 9.17) is 4.74 Å². The molecular weight excluding hydrogens is 355 g/mol. The number of ketones is 1. The highest BCUT2D eigenvalue weighted by atomic mass is 19.1. The van der Waals surface area contributed by atoms with Crippen molar-refractivity contribution in [2.24, 2.45) is 0 Å². The first kappa shape index (κ1) is 18.2. The fraction of sp³-hybridized carbons (Fsp3) is 0.158. The maximum atomic E-state index is 13.5. The fourth-order valence-corrected chi connectivity index (χ4v) is 2.72. The number of rotatable bonds is 6. The summed E-state index contributed by atoms with van der Waals surface area (Å²) in [5, 5.41) is 0. The molecule has 0 aromatic heterocycles. The molecule has 2 aromatic carbocycles. The number of halogens is 1. The Morgan fingerprint density at radius 1 is 1.00 bits per heavy atom. The van der Waals surface area contributed by atoms with Crippen molar-refractivity contribution in [3.63, 3.8) is 0 Å². The van der Waals surface area contributed by atoms with E-state index in [9.17, 15) is 23.6 Å². The van der Waals surface area contributed by atoms with Crippen molar-refractivity contribution in [1.29, 1.82) is 0 Å². The molecule has 4 amide bonds. The monoisotopic (exact) mass is 370 g/mol. The summed E-state index contributed by atoms with van der Waals surface area (Å²) in [5.74, 6) is -3.39. The minimum absolute atomic E-state index is 0.0851. The maximum absolute atomic E-state index is 13.5. The lowest BCUT2D eigenvalue weighted by molar-refractivity contribution is -0.143. The smallest absolute Gasteiger partial charge is 0.334 e. The molecule has 8 heteroatoms. The van der Waals surface area contributed by atoms with Crippen molar-refractivity contribution in [2.45, 2.75) is 6.54 Å². The van der Waals surface area contributed by atoms with Crippen LogP contribution in [0.1, 0.15) is 15.9 Å². The van der Waals surface area contributed by atoms with Gasteiger partial charge in [-0.2, -0.15) is 0 Å². The van der Waals surface area contributed by atoms with Gasteiger partial charge < -0.3 is 4.74 Å². The second kappa shape index (κ2) is 7.36. The lowest BCUT2D eigenvalue weighted by atomic mass is 10.1. The third-order valence-corrected chi connectivity index (χ3v) is 4.08. The second-order valence-corrected chi connectivity index (χ2v) is 5.82. The summed E-state index contributed by atoms with van der Waals surface area (Å²) in [4.78, 5) is 50.6. The zero-order valence-corrected chi connectivity index (χ0v) is 14.3. The molecule has 1 heterocycles. The molecule has 1 aliphatic rings. The van der Waals surface area contributed by atoms with Crippen LogP contribution in [-0.2, 0) is 16.1 Å². The highest BCUT2D eigenvalue weighted by Crippen LogP contribution is 2.22. The molecular formula is C19H15FN2O5. The lowest BCUT2D eigenvalue weighted by Gasteiger charge is -2.15. The van der Waals surface area contributed by atoms with E-state index in [0.29, 0.717) is 10.5 Å². The zero-order chi connectivity index (χ0) is 19.6. The number of hydrogen-bond donors (Lipinski definition) is 0. The van der Waals surface area contributed by atoms with Gasteiger partial charge in [0.25, 0.3) is 0 Å². The van der Waals surface area contributed by atoms with Crippen LogP contribution in [0.4, 0.5) is 9.18 Å². The third kappa shape index (κ3) is 3.55. The number of hydrogen-bond acceptors (Lipinski definition) is 5. The summed E-state index contributed by atoms with van der Waals surface area (Å²) in [6.45, 7) is -0.771. The number of imide groups is 2. The summed E-state index contributed by atoms with van der Waals surface area (Å²) < 4.78 is 18.5. The Morgan fingerprint density at radius 3 is 2.33 bits per heavy atom. The molecule has 2 aromatic rings. The molecule has 7 nitrogen and oxygen atoms in total. The van der Waals surface area contributed by atoms with Crippen molar-refractivity contribution >= 4 is 23.6 Å². The van der Waals surface area contributed by atoms with E-state index in [2.05, 4.69) is 0 Å². The quantitative estimate of drug-likeness (QED) is 0.441. The lowest BCUT2D eigenvalue weighted by Crippen LogP contribution is -2.37. The van der Waals surface area contributed by atoms with Crippen LogP contribution >= 0.6 is 0 Å². The highest BCUT2D eigenvalue weighted by molar-refractivity contribution is 6.45. The van der Waals surface area contributed by atoms with E-state index in [1.807, 2.05) is 0 Å². The first-order valence-corrected chi connectivity index (χ1v) is 8.00. The third-order valence-electron chi connectivity index (χ3n) is 4.08. The van der Waals surface area contributed by atoms with Crippen molar-refractivity contribution in [2.75, 3.05) is 13.7 Å². The van der Waals surface area contributed by atoms with E-state index in [1.54, 1.807) is 30.3 Å². The van der Waals surface area contributed by atoms with Crippen LogP contribution in [-0.4, -0.2) is 47.1 Å². The van der Waals surface area contributed by atoms with Crippen LogP contribution in [0.5, 0.6) is 5.75 Å². The van der Waals surface area contributed by atoms with Gasteiger partial charge in [0.15, 0.2) is 5.78 Å². The first-order valence-electron chi connectivity index (χ1n) is 8.00. The predicted molar refractivity (Wildman–Crippen MR) is 91.4 cm³/mol. The van der Waals surface area contributed by atoms with Crippen molar-refractivity contribution < 1.29 is 28.3 Å². The predicted octanol–water partition coefficient (Wildman–Crippen LogP) is 2.01. The van der Waals surface area contributed by atoms with Crippen LogP contribution in [0, 0.1) is 5.82 Å². The molecule has 1 aliphatic heterocycles. The fourth-order valence-electron chi connectivity index (χ4n) is 2.72. The molecule has 0 unspecified atom stereocenters. The SMILES string of the molecule is COc1ccc(F)cc1C(=O)CN1C(=O)C(=O)N(Cc2ccccc2)C1=O. The number of amides is 4. The molecule has 0 spiro atoms. The average Bonchev–Trinajstić information content (AvgIpc) is 2.87. The highest BCUT2D eigenvalue weighted by Gasteiger charge is 2.45. The summed E-state index contributed by atoms with van der Waals surface area (Å²) in [6.07, 6.45) is 0. The van der Waals surface area contributed by atoms with Gasteiger partial charge in [0.2, 0.25) is 0 Å². The van der Waals surface area contributed by atoms with E-state index in [-0.39, 0.29) is 17.9 Å². The summed E-state index contributed by atoms with van der Waals surface area (Å²) in [7, 11) is 1.31. The molecule has 0 radical (unpaired) electrons. The van der Waals surface area contributed by atoms with Gasteiger partial charge in [-0.25, -0.2) is 14.1 Å². The first-order chi connectivity index (χ1) is 12.9. The Labute approximate surface area is 153 Å². The van der Waals surface area contributed by atoms with E-state index >= 15 is 0 Å². The van der Waals surface area contributed by atoms with Crippen LogP contribution in [0.25, 0.3) is 0 Å². The Hall–Kier alpha value is -3.55. The second-order valence-electron chi connectivity index (χ2n) is 5.82. The van der Waals surface area contributed by atoms with Crippen LogP contribution in [0.3, 0.4) is 0 Å². The molecule has 1 saturated heterocycles. The zero-order valence-electron chi connectivity index (χ0n) is 14.3. The van der Waals surface area contributed by atoms with Crippen molar-refractivity contribution in [1.82, 2.24) is 9.80 Å². The number of methoxy groups -OCH3 is 1. The Morgan fingerprint density at radius 2 is 1.67 bits per heavy atom. The normalized spacial score (nSPS) is 14.1. The molecule has 27 heavy (non-hydrogen) atoms. The molecule has 0 bridgehead atoms. The number of Topliss-reactive ketones (excluding diaryl/α,β-unsaturated/α-hetero) is 1. The molecule has 1 fully saturated rings. The maximum Gasteiger partial charge on any atom is 0.334 e. The van der Waals surface area contributed by atoms with E-state index < -0.39 is 36.0 Å². The minimum Gasteiger partial charge on any atom is -0.496 e. The molecule has 0 aliphatic carbocycles. The number of nitrogens with zero attached hydrogens (tertiary/aromatic N) is 2. The number of carbonyl (C=O) groups is 4. The Kier molecular flexibility index (Phi) is 4.98. The largest absolute Gasteiger partial charge is 0.496 e. The van der Waals surface area contributed by atoms with Gasteiger partial charge in [0, 0.05) is 0 Å². The van der Waals surface area contributed by atoms with Gasteiger partial charge in [0.05, 0.1) is 25.8 Å². The van der Waals surface area contributed by atoms with E-state index in [1.165, 1.54) is 13.2 Å². The molecule has 0 N–H and O–H groups in total. The topological polar surface area (TPSA) is 84.0 Å². The van der Waals surface area contributed by atoms with Gasteiger partial charge in [-0.15, -0.1) is 0 Å². The number of ether oxygens (including phenoxy) is 1. The number of carbonyl (C=O) groups excluding carboxylic acids is 4. The standard InChI is InChI=1S/C19H15FN2O5/c1-27-16-8-7-13(20)9-14(16)15(23)11-22-18(25)17(24)21(19(22)26)10-12-5-3-2-4-6-12/h2-9H,10-11H2,1H3. The summed E-state index contributed by atoms with van der Waals surface area (Å²) in [6, 6.07) is 11.1. The van der Waals surface area contributed by atoms with Crippen LogP contribution in [0.2, 0.25) is 0 Å². The summed E-state index contributed by atoms with van der Waals surface area (Å²) >= 11 is 0. The van der Waals surface area contributed by atoms with Gasteiger partial charge >= 0.3 is 17.8 Å². The van der Waals surface area contributed by atoms with Crippen molar-refractivity contribution in [3.05, 3.63) is 65.5 Å². The van der Waals surface area contributed by atoms with Crippen molar-refractivity contribution in [3.8, 4) is 5.75 Å². The molecule has 0 saturated carbocycles. The number of urea groups is 1. The van der Waals surface area contributed by atoms with Gasteiger partial charge in [-0.1, -0.05) is 30.3 Å². The van der Waals surface area contributed by atoms with Gasteiger partial charge in [-0.05, 0) is 23.8 Å². The van der Waals surface area contributed by atoms with Crippen LogP contribution in [0.15, 0.2) is 48.5 Å². The van der Waals surface area contributed by atoms with E-state index in [0.717, 1.165) is 17.0 Å². The van der Waals surface area contributed by atoms with Gasteiger partial charge in [-0.3, -0.25) is 19.3 Å². The molecule has 138 valence electrons. The van der Waals surface area contributed by atoms with Gasteiger partial charge in [0.1, 0.15) is 11.6 Å². The van der Waals surface area contributed by atoms with Crippen LogP contribution < -0.4 is 4.74 Å². The minimum atomic E-state index is -1.10. The number of benzene rings is 2. The Bertz CT molecular complexity index is 929. The Balaban J connectivity index is 1.80. The average molecular weight is 370 g/mol. The summed E-state index contributed by atoms with van der Waals surface area (Å²) in [5.41, 5.74) is 0.541. The molecule has 3 rings (SSSR count). The molecule has 0 atom stereocenters.